The van der Waals surface area contributed by atoms with Crippen molar-refractivity contribution in [3.8, 4) is 10.6 Å². The molecule has 4 aromatic heterocycles. The average molecular weight is 520 g/mol. The van der Waals surface area contributed by atoms with Crippen LogP contribution < -0.4 is 10.0 Å². The Hall–Kier alpha value is -3.52. The number of hydrogen-bond acceptors (Lipinski definition) is 8. The number of carbonyl (C=O) groups is 1. The summed E-state index contributed by atoms with van der Waals surface area (Å²) in [5.74, 6) is -0.443. The maximum absolute atomic E-state index is 12.8. The molecule has 5 rings (SSSR count). The van der Waals surface area contributed by atoms with Crippen LogP contribution in [0, 0.1) is 0 Å². The first kappa shape index (κ1) is 23.2. The summed E-state index contributed by atoms with van der Waals surface area (Å²) in [7, 11) is -3.40. The molecule has 0 saturated heterocycles. The number of alkyl halides is 2. The standard InChI is InChI=1S/C21H19F2N7O3S2/c22-17(23)5-11-7-25-19-18(11)29-15(9-26-19)16-10-28-21(34-16)20(31)27-8-13-6-12(3-4-24-13)30-35(32,33)14-1-2-14/h3-4,6-7,9-10,14,17H,1-2,5,8H2,(H,24,30)(H,25,26)(H,27,31). The van der Waals surface area contributed by atoms with E-state index in [0.717, 1.165) is 11.3 Å². The van der Waals surface area contributed by atoms with E-state index in [9.17, 15) is 22.0 Å². The third-order valence-electron chi connectivity index (χ3n) is 5.26. The van der Waals surface area contributed by atoms with Crippen molar-refractivity contribution in [3.63, 3.8) is 0 Å². The second kappa shape index (κ2) is 9.26. The Morgan fingerprint density at radius 3 is 2.83 bits per heavy atom. The number of halogens is 2. The highest BCUT2D eigenvalue weighted by Crippen LogP contribution is 2.30. The number of carbonyl (C=O) groups excluding carboxylic acids is 1. The summed E-state index contributed by atoms with van der Waals surface area (Å²) in [6, 6.07) is 3.11. The quantitative estimate of drug-likeness (QED) is 0.308. The smallest absolute Gasteiger partial charge is 0.280 e. The van der Waals surface area contributed by atoms with Crippen LogP contribution >= 0.6 is 11.3 Å². The van der Waals surface area contributed by atoms with Crippen LogP contribution in [0.3, 0.4) is 0 Å². The highest BCUT2D eigenvalue weighted by molar-refractivity contribution is 7.93. The minimum Gasteiger partial charge on any atom is -0.345 e. The van der Waals surface area contributed by atoms with E-state index in [1.165, 1.54) is 24.8 Å². The number of thiazole rings is 1. The molecule has 1 aliphatic carbocycles. The number of nitrogens with zero attached hydrogens (tertiary/aromatic N) is 4. The van der Waals surface area contributed by atoms with Crippen molar-refractivity contribution in [3.05, 3.63) is 53.2 Å². The van der Waals surface area contributed by atoms with Gasteiger partial charge in [-0.15, -0.1) is 11.3 Å². The topological polar surface area (TPSA) is 143 Å². The van der Waals surface area contributed by atoms with Crippen molar-refractivity contribution in [2.75, 3.05) is 4.72 Å². The Labute approximate surface area is 202 Å². The predicted molar refractivity (Wildman–Crippen MR) is 126 cm³/mol. The van der Waals surface area contributed by atoms with E-state index >= 15 is 0 Å². The minimum absolute atomic E-state index is 0.0683. The molecule has 0 atom stereocenters. The number of fused-ring (bicyclic) bond motifs is 1. The second-order valence-corrected chi connectivity index (χ2v) is 10.9. The van der Waals surface area contributed by atoms with Gasteiger partial charge in [0.05, 0.1) is 34.2 Å². The minimum atomic E-state index is -3.40. The van der Waals surface area contributed by atoms with E-state index in [1.54, 1.807) is 12.1 Å². The molecule has 35 heavy (non-hydrogen) atoms. The van der Waals surface area contributed by atoms with Gasteiger partial charge in [0.25, 0.3) is 5.91 Å². The van der Waals surface area contributed by atoms with Crippen molar-refractivity contribution in [1.29, 1.82) is 0 Å². The zero-order chi connectivity index (χ0) is 24.6. The molecule has 0 aliphatic heterocycles. The number of nitrogens with one attached hydrogen (secondary N) is 3. The third-order valence-corrected chi connectivity index (χ3v) is 8.14. The molecule has 3 N–H and O–H groups in total. The summed E-state index contributed by atoms with van der Waals surface area (Å²) in [4.78, 5) is 32.9. The maximum atomic E-state index is 12.8. The van der Waals surface area contributed by atoms with Crippen LogP contribution in [0.25, 0.3) is 21.7 Å². The second-order valence-electron chi connectivity index (χ2n) is 7.96. The highest BCUT2D eigenvalue weighted by Gasteiger charge is 2.35. The number of pyridine rings is 1. The Kier molecular flexibility index (Phi) is 6.15. The number of rotatable bonds is 9. The third kappa shape index (κ3) is 5.27. The first-order valence-electron chi connectivity index (χ1n) is 10.6. The molecule has 4 aromatic rings. The first-order chi connectivity index (χ1) is 16.8. The van der Waals surface area contributed by atoms with Gasteiger partial charge in [0.2, 0.25) is 16.4 Å². The predicted octanol–water partition coefficient (Wildman–Crippen LogP) is 3.12. The molecule has 0 unspecified atom stereocenters. The number of H-pyrrole nitrogens is 1. The highest BCUT2D eigenvalue weighted by atomic mass is 32.2. The van der Waals surface area contributed by atoms with Gasteiger partial charge in [0, 0.05) is 30.6 Å². The monoisotopic (exact) mass is 519 g/mol. The summed E-state index contributed by atoms with van der Waals surface area (Å²) in [5.41, 5.74) is 2.40. The lowest BCUT2D eigenvalue weighted by molar-refractivity contribution is 0.0950. The SMILES string of the molecule is O=C(NCc1cc(NS(=O)(=O)C2CC2)ccn1)c1ncc(-c2cnc3[nH]cc(CC(F)F)c3n2)s1. The van der Waals surface area contributed by atoms with Crippen LogP contribution in [0.4, 0.5) is 14.5 Å². The van der Waals surface area contributed by atoms with Crippen molar-refractivity contribution in [2.24, 2.45) is 0 Å². The lowest BCUT2D eigenvalue weighted by Crippen LogP contribution is -2.23. The molecule has 0 aromatic carbocycles. The van der Waals surface area contributed by atoms with E-state index in [-0.39, 0.29) is 16.8 Å². The van der Waals surface area contributed by atoms with Crippen LogP contribution in [-0.4, -0.2) is 50.9 Å². The molecule has 1 fully saturated rings. The fourth-order valence-electron chi connectivity index (χ4n) is 3.39. The molecule has 1 saturated carbocycles. The largest absolute Gasteiger partial charge is 0.345 e. The van der Waals surface area contributed by atoms with Crippen LogP contribution in [-0.2, 0) is 23.0 Å². The molecular weight excluding hydrogens is 500 g/mol. The number of aromatic amines is 1. The van der Waals surface area contributed by atoms with Gasteiger partial charge in [0.15, 0.2) is 10.7 Å². The van der Waals surface area contributed by atoms with Crippen molar-refractivity contribution >= 4 is 44.1 Å². The molecule has 0 radical (unpaired) electrons. The summed E-state index contributed by atoms with van der Waals surface area (Å²) in [6.45, 7) is 0.0683. The molecule has 182 valence electrons. The van der Waals surface area contributed by atoms with Crippen LogP contribution in [0.1, 0.15) is 33.9 Å². The summed E-state index contributed by atoms with van der Waals surface area (Å²) < 4.78 is 52.4. The van der Waals surface area contributed by atoms with Crippen LogP contribution in [0.5, 0.6) is 0 Å². The number of hydrogen-bond donors (Lipinski definition) is 3. The molecule has 1 aliphatic rings. The van der Waals surface area contributed by atoms with Crippen molar-refractivity contribution in [2.45, 2.75) is 37.5 Å². The Morgan fingerprint density at radius 1 is 1.23 bits per heavy atom. The van der Waals surface area contributed by atoms with Gasteiger partial charge < -0.3 is 10.3 Å². The molecule has 10 nitrogen and oxygen atoms in total. The molecule has 0 spiro atoms. The number of amides is 1. The number of anilines is 1. The molecule has 4 heterocycles. The van der Waals surface area contributed by atoms with Gasteiger partial charge >= 0.3 is 0 Å². The van der Waals surface area contributed by atoms with Gasteiger partial charge in [-0.05, 0) is 25.0 Å². The Morgan fingerprint density at radius 2 is 2.06 bits per heavy atom. The Balaban J connectivity index is 1.26. The van der Waals surface area contributed by atoms with E-state index in [1.807, 2.05) is 0 Å². The van der Waals surface area contributed by atoms with Crippen LogP contribution in [0.2, 0.25) is 0 Å². The van der Waals surface area contributed by atoms with Crippen molar-refractivity contribution < 1.29 is 22.0 Å². The molecule has 0 bridgehead atoms. The normalized spacial score (nSPS) is 13.9. The summed E-state index contributed by atoms with van der Waals surface area (Å²) in [5, 5.41) is 2.53. The number of sulfonamides is 1. The fraction of sp³-hybridized carbons (Fsp3) is 0.286. The lowest BCUT2D eigenvalue weighted by atomic mass is 10.2. The van der Waals surface area contributed by atoms with E-state index in [4.69, 9.17) is 0 Å². The zero-order valence-corrected chi connectivity index (χ0v) is 19.7. The van der Waals surface area contributed by atoms with Gasteiger partial charge in [-0.25, -0.2) is 32.2 Å². The van der Waals surface area contributed by atoms with E-state index in [2.05, 4.69) is 35.0 Å². The summed E-state index contributed by atoms with van der Waals surface area (Å²) >= 11 is 1.09. The molecular formula is C21H19F2N7O3S2. The molecule has 14 heteroatoms. The lowest BCUT2D eigenvalue weighted by Gasteiger charge is -2.08. The van der Waals surface area contributed by atoms with Gasteiger partial charge in [-0.2, -0.15) is 0 Å². The Bertz CT molecular complexity index is 1500. The van der Waals surface area contributed by atoms with Gasteiger partial charge in [-0.1, -0.05) is 0 Å². The number of aromatic nitrogens is 5. The fourth-order valence-corrected chi connectivity index (χ4v) is 5.56. The van der Waals surface area contributed by atoms with Crippen LogP contribution in [0.15, 0.2) is 36.9 Å². The maximum Gasteiger partial charge on any atom is 0.280 e. The summed E-state index contributed by atoms with van der Waals surface area (Å²) in [6.07, 6.45) is 4.25. The average Bonchev–Trinajstić information content (AvgIpc) is 3.46. The van der Waals surface area contributed by atoms with E-state index in [0.29, 0.717) is 51.5 Å². The van der Waals surface area contributed by atoms with Gasteiger partial charge in [0.1, 0.15) is 11.2 Å². The van der Waals surface area contributed by atoms with Crippen molar-refractivity contribution in [1.82, 2.24) is 30.2 Å². The van der Waals surface area contributed by atoms with E-state index < -0.39 is 28.8 Å². The first-order valence-corrected chi connectivity index (χ1v) is 13.0. The molecule has 1 amide bonds. The van der Waals surface area contributed by atoms with Gasteiger partial charge in [-0.3, -0.25) is 14.5 Å². The zero-order valence-electron chi connectivity index (χ0n) is 18.0.